The van der Waals surface area contributed by atoms with E-state index in [0.29, 0.717) is 18.1 Å². The van der Waals surface area contributed by atoms with Crippen LogP contribution in [0.4, 0.5) is 0 Å². The Hall–Kier alpha value is -0.370. The molecule has 14 heavy (non-hydrogen) atoms. The Balaban J connectivity index is 2.34. The third-order valence-corrected chi connectivity index (χ3v) is 4.78. The van der Waals surface area contributed by atoms with Crippen LogP contribution in [0.15, 0.2) is 0 Å². The fourth-order valence-electron chi connectivity index (χ4n) is 3.75. The van der Waals surface area contributed by atoms with Gasteiger partial charge >= 0.3 is 0 Å². The zero-order valence-corrected chi connectivity index (χ0v) is 9.34. The second-order valence-corrected chi connectivity index (χ2v) is 5.72. The van der Waals surface area contributed by atoms with Crippen molar-refractivity contribution in [1.82, 2.24) is 0 Å². The number of hydrogen-bond acceptors (Lipinski definition) is 2. The second kappa shape index (κ2) is 2.82. The standard InChI is InChI=1S/C12H20O2/c1-8(13)7-12-5-4-9(6-10(12)14)11(12,2)3/h8-9,13H,4-7H2,1-3H3. The smallest absolute Gasteiger partial charge is 0.139 e. The number of carbonyl (C=O) groups excluding carboxylic acids is 1. The van der Waals surface area contributed by atoms with Gasteiger partial charge in [0.2, 0.25) is 0 Å². The fourth-order valence-corrected chi connectivity index (χ4v) is 3.75. The number of aliphatic hydroxyl groups excluding tert-OH is 1. The highest BCUT2D eigenvalue weighted by molar-refractivity contribution is 5.89. The van der Waals surface area contributed by atoms with Gasteiger partial charge < -0.3 is 5.11 Å². The van der Waals surface area contributed by atoms with Crippen molar-refractivity contribution >= 4 is 5.78 Å². The van der Waals surface area contributed by atoms with Crippen LogP contribution in [0.3, 0.4) is 0 Å². The molecule has 0 aromatic heterocycles. The molecule has 0 amide bonds. The summed E-state index contributed by atoms with van der Waals surface area (Å²) in [7, 11) is 0. The van der Waals surface area contributed by atoms with E-state index in [4.69, 9.17) is 0 Å². The van der Waals surface area contributed by atoms with Crippen LogP contribution in [0.1, 0.15) is 46.5 Å². The van der Waals surface area contributed by atoms with Gasteiger partial charge in [-0.3, -0.25) is 4.79 Å². The van der Waals surface area contributed by atoms with Gasteiger partial charge in [0.25, 0.3) is 0 Å². The third-order valence-electron chi connectivity index (χ3n) is 4.78. The minimum atomic E-state index is -0.352. The van der Waals surface area contributed by atoms with Crippen LogP contribution >= 0.6 is 0 Å². The highest BCUT2D eigenvalue weighted by Gasteiger charge is 2.63. The molecule has 2 nitrogen and oxygen atoms in total. The molecule has 80 valence electrons. The lowest BCUT2D eigenvalue weighted by atomic mass is 9.66. The number of rotatable bonds is 2. The molecule has 0 aromatic carbocycles. The van der Waals surface area contributed by atoms with E-state index >= 15 is 0 Å². The molecule has 2 aliphatic rings. The first-order valence-corrected chi connectivity index (χ1v) is 5.61. The van der Waals surface area contributed by atoms with Crippen molar-refractivity contribution in [2.24, 2.45) is 16.7 Å². The van der Waals surface area contributed by atoms with Gasteiger partial charge in [0.15, 0.2) is 0 Å². The van der Waals surface area contributed by atoms with Crippen molar-refractivity contribution in [3.8, 4) is 0 Å². The molecule has 2 rings (SSSR count). The van der Waals surface area contributed by atoms with Crippen molar-refractivity contribution in [3.05, 3.63) is 0 Å². The van der Waals surface area contributed by atoms with Gasteiger partial charge in [0.05, 0.1) is 6.10 Å². The predicted octanol–water partition coefficient (Wildman–Crippen LogP) is 2.15. The average molecular weight is 196 g/mol. The summed E-state index contributed by atoms with van der Waals surface area (Å²) >= 11 is 0. The number of fused-ring (bicyclic) bond motifs is 2. The first-order chi connectivity index (χ1) is 6.40. The van der Waals surface area contributed by atoms with E-state index in [2.05, 4.69) is 13.8 Å². The molecule has 0 aliphatic heterocycles. The third kappa shape index (κ3) is 1.04. The molecule has 2 saturated carbocycles. The predicted molar refractivity (Wildman–Crippen MR) is 54.9 cm³/mol. The maximum absolute atomic E-state index is 12.0. The van der Waals surface area contributed by atoms with Gasteiger partial charge in [-0.1, -0.05) is 13.8 Å². The Labute approximate surface area is 85.7 Å². The average Bonchev–Trinajstić information content (AvgIpc) is 2.36. The molecular formula is C12H20O2. The maximum Gasteiger partial charge on any atom is 0.139 e. The fraction of sp³-hybridized carbons (Fsp3) is 0.917. The largest absolute Gasteiger partial charge is 0.393 e. The zero-order valence-electron chi connectivity index (χ0n) is 9.34. The van der Waals surface area contributed by atoms with Gasteiger partial charge in [-0.05, 0) is 37.5 Å². The molecule has 1 N–H and O–H groups in total. The van der Waals surface area contributed by atoms with Gasteiger partial charge in [-0.25, -0.2) is 0 Å². The molecule has 2 bridgehead atoms. The number of ketones is 1. The van der Waals surface area contributed by atoms with Crippen LogP contribution in [0.25, 0.3) is 0 Å². The highest BCUT2D eigenvalue weighted by Crippen LogP contribution is 2.65. The number of hydrogen-bond donors (Lipinski definition) is 1. The summed E-state index contributed by atoms with van der Waals surface area (Å²) in [6.45, 7) is 6.21. The minimum Gasteiger partial charge on any atom is -0.393 e. The second-order valence-electron chi connectivity index (χ2n) is 5.72. The van der Waals surface area contributed by atoms with E-state index in [1.165, 1.54) is 6.42 Å². The number of carbonyl (C=O) groups is 1. The lowest BCUT2D eigenvalue weighted by Gasteiger charge is -2.37. The Morgan fingerprint density at radius 1 is 1.57 bits per heavy atom. The molecule has 0 radical (unpaired) electrons. The zero-order chi connectivity index (χ0) is 10.6. The Morgan fingerprint density at radius 2 is 2.21 bits per heavy atom. The topological polar surface area (TPSA) is 37.3 Å². The molecule has 3 unspecified atom stereocenters. The van der Waals surface area contributed by atoms with Crippen LogP contribution < -0.4 is 0 Å². The van der Waals surface area contributed by atoms with Gasteiger partial charge in [0, 0.05) is 11.8 Å². The van der Waals surface area contributed by atoms with E-state index < -0.39 is 0 Å². The summed E-state index contributed by atoms with van der Waals surface area (Å²) in [4.78, 5) is 12.0. The number of aliphatic hydroxyl groups is 1. The summed E-state index contributed by atoms with van der Waals surface area (Å²) in [5.74, 6) is 0.966. The van der Waals surface area contributed by atoms with E-state index in [1.54, 1.807) is 6.92 Å². The van der Waals surface area contributed by atoms with Crippen LogP contribution in [-0.2, 0) is 4.79 Å². The number of Topliss-reactive ketones (excluding diaryl/α,β-unsaturated/α-hetero) is 1. The van der Waals surface area contributed by atoms with Crippen molar-refractivity contribution in [3.63, 3.8) is 0 Å². The summed E-state index contributed by atoms with van der Waals surface area (Å²) in [6, 6.07) is 0. The van der Waals surface area contributed by atoms with Crippen LogP contribution in [-0.4, -0.2) is 17.0 Å². The summed E-state index contributed by atoms with van der Waals surface area (Å²) < 4.78 is 0. The Morgan fingerprint density at radius 3 is 2.57 bits per heavy atom. The monoisotopic (exact) mass is 196 g/mol. The lowest BCUT2D eigenvalue weighted by Crippen LogP contribution is -2.38. The molecule has 0 spiro atoms. The molecule has 2 heteroatoms. The van der Waals surface area contributed by atoms with Crippen LogP contribution in [0, 0.1) is 16.7 Å². The Bertz CT molecular complexity index is 267. The molecule has 0 saturated heterocycles. The summed E-state index contributed by atoms with van der Waals surface area (Å²) in [5.41, 5.74) is -0.0904. The van der Waals surface area contributed by atoms with Crippen LogP contribution in [0.2, 0.25) is 0 Å². The highest BCUT2D eigenvalue weighted by atomic mass is 16.3. The molecule has 0 aromatic rings. The van der Waals surface area contributed by atoms with Crippen molar-refractivity contribution in [2.45, 2.75) is 52.6 Å². The quantitative estimate of drug-likeness (QED) is 0.734. The Kier molecular flexibility index (Phi) is 2.04. The minimum absolute atomic E-state index is 0.112. The molecule has 2 aliphatic carbocycles. The van der Waals surface area contributed by atoms with E-state index in [0.717, 1.165) is 12.8 Å². The van der Waals surface area contributed by atoms with E-state index in [1.807, 2.05) is 0 Å². The van der Waals surface area contributed by atoms with Crippen molar-refractivity contribution in [1.29, 1.82) is 0 Å². The van der Waals surface area contributed by atoms with Crippen molar-refractivity contribution in [2.75, 3.05) is 0 Å². The first-order valence-electron chi connectivity index (χ1n) is 5.61. The van der Waals surface area contributed by atoms with E-state index in [9.17, 15) is 9.90 Å². The summed E-state index contributed by atoms with van der Waals surface area (Å²) in [5, 5.41) is 9.53. The normalized spacial score (nSPS) is 41.7. The van der Waals surface area contributed by atoms with Crippen LogP contribution in [0.5, 0.6) is 0 Å². The van der Waals surface area contributed by atoms with Gasteiger partial charge in [-0.15, -0.1) is 0 Å². The molecule has 2 fully saturated rings. The molecular weight excluding hydrogens is 176 g/mol. The molecule has 3 atom stereocenters. The first kappa shape index (κ1) is 10.2. The van der Waals surface area contributed by atoms with E-state index in [-0.39, 0.29) is 16.9 Å². The lowest BCUT2D eigenvalue weighted by molar-refractivity contribution is -0.131. The van der Waals surface area contributed by atoms with Gasteiger partial charge in [-0.2, -0.15) is 0 Å². The summed E-state index contributed by atoms with van der Waals surface area (Å²) in [6.07, 6.45) is 3.23. The van der Waals surface area contributed by atoms with Crippen molar-refractivity contribution < 1.29 is 9.90 Å². The van der Waals surface area contributed by atoms with Gasteiger partial charge in [0.1, 0.15) is 5.78 Å². The maximum atomic E-state index is 12.0. The SMILES string of the molecule is CC(O)CC12CCC(CC1=O)C2(C)C. The molecule has 0 heterocycles.